The van der Waals surface area contributed by atoms with E-state index < -0.39 is 68.5 Å². The molecule has 432 valence electrons. The van der Waals surface area contributed by atoms with Crippen molar-refractivity contribution in [3.05, 3.63) is 107 Å². The number of fused-ring (bicyclic) bond motifs is 3. The van der Waals surface area contributed by atoms with E-state index in [4.69, 9.17) is 9.47 Å². The van der Waals surface area contributed by atoms with Gasteiger partial charge >= 0.3 is 0 Å². The second-order valence-electron chi connectivity index (χ2n) is 17.9. The molecule has 0 saturated carbocycles. The van der Waals surface area contributed by atoms with Gasteiger partial charge in [-0.1, -0.05) is 18.2 Å². The van der Waals surface area contributed by atoms with E-state index in [1.807, 2.05) is 31.2 Å². The van der Waals surface area contributed by atoms with E-state index in [9.17, 15) is 62.3 Å². The van der Waals surface area contributed by atoms with Crippen molar-refractivity contribution in [3.8, 4) is 23.4 Å². The largest absolute Gasteiger partial charge is 0.495 e. The first kappa shape index (κ1) is 62.3. The molecule has 26 nitrogen and oxygen atoms in total. The van der Waals surface area contributed by atoms with Gasteiger partial charge in [0.1, 0.15) is 34.3 Å². The van der Waals surface area contributed by atoms with Gasteiger partial charge in [0.25, 0.3) is 40.5 Å². The molecule has 0 bridgehead atoms. The molecule has 0 fully saturated rings. The second kappa shape index (κ2) is 26.3. The summed E-state index contributed by atoms with van der Waals surface area (Å²) in [5, 5.41) is 57.6. The zero-order chi connectivity index (χ0) is 59.7. The fraction of sp³-hybridized carbons (Fsp3) is 0.280. The molecule has 0 saturated heterocycles. The van der Waals surface area contributed by atoms with Crippen LogP contribution in [0.3, 0.4) is 0 Å². The van der Waals surface area contributed by atoms with Gasteiger partial charge < -0.3 is 14.6 Å². The van der Waals surface area contributed by atoms with Crippen molar-refractivity contribution in [2.45, 2.75) is 61.6 Å². The van der Waals surface area contributed by atoms with Gasteiger partial charge in [0.05, 0.1) is 70.6 Å². The number of benzene rings is 5. The Morgan fingerprint density at radius 2 is 1.09 bits per heavy atom. The van der Waals surface area contributed by atoms with Crippen LogP contribution in [0.25, 0.3) is 16.7 Å². The monoisotopic (exact) mass is 1240 g/mol. The van der Waals surface area contributed by atoms with Crippen LogP contribution in [-0.4, -0.2) is 109 Å². The Labute approximate surface area is 479 Å². The zero-order valence-electron chi connectivity index (χ0n) is 44.1. The minimum atomic E-state index is -4.95. The lowest BCUT2D eigenvalue weighted by Gasteiger charge is -2.12. The third-order valence-corrected chi connectivity index (χ3v) is 17.4. The molecule has 7 aromatic rings. The predicted octanol–water partition coefficient (Wildman–Crippen LogP) is 12.6. The third-order valence-electron chi connectivity index (χ3n) is 11.8. The fourth-order valence-electron chi connectivity index (χ4n) is 7.79. The number of hydrogen-bond acceptors (Lipinski definition) is 23. The molecule has 0 aliphatic carbocycles. The lowest BCUT2D eigenvalue weighted by molar-refractivity contribution is 0.317. The molecule has 0 amide bonds. The van der Waals surface area contributed by atoms with Crippen LogP contribution in [0.4, 0.5) is 45.5 Å². The number of nitriles is 1. The SMILES string of the molecule is COc1ccc2c(nc3c(C#N)c(C)c(N=Nc4cc(C)c(N=Nc5cc(C)c(N=Nc6cc(C)c(N=Nc7ccccc7)cc6SCCCS(=O)(=O)O)cc5SCCCS(=O)(=O)O)cc4OCCCS(=O)(=O)O)c(O)n32)c1S(=O)(=O)O. The molecular formula is C50H51N11O15S6. The average molecular weight is 1240 g/mol. The fourth-order valence-corrected chi connectivity index (χ4v) is 12.4. The van der Waals surface area contributed by atoms with Crippen molar-refractivity contribution in [1.29, 1.82) is 5.26 Å². The summed E-state index contributed by atoms with van der Waals surface area (Å²) in [7, 11) is -16.6. The summed E-state index contributed by atoms with van der Waals surface area (Å²) in [5.41, 5.74) is 3.29. The van der Waals surface area contributed by atoms with E-state index in [0.717, 1.165) is 4.40 Å². The molecule has 32 heteroatoms. The molecule has 7 rings (SSSR count). The molecule has 82 heavy (non-hydrogen) atoms. The van der Waals surface area contributed by atoms with Gasteiger partial charge in [-0.2, -0.15) is 59.4 Å². The molecule has 0 radical (unpaired) electrons. The van der Waals surface area contributed by atoms with Gasteiger partial charge in [-0.3, -0.25) is 22.6 Å². The van der Waals surface area contributed by atoms with E-state index in [1.165, 1.54) is 61.8 Å². The highest BCUT2D eigenvalue weighted by Gasteiger charge is 2.28. The Morgan fingerprint density at radius 1 is 0.598 bits per heavy atom. The Kier molecular flexibility index (Phi) is 20.0. The first-order valence-electron chi connectivity index (χ1n) is 24.2. The number of aryl methyl sites for hydroxylation is 3. The predicted molar refractivity (Wildman–Crippen MR) is 307 cm³/mol. The Bertz CT molecular complexity index is 4250. The Hall–Kier alpha value is -7.32. The second-order valence-corrected chi connectivity index (χ2v) is 26.3. The molecule has 0 atom stereocenters. The van der Waals surface area contributed by atoms with Crippen molar-refractivity contribution >= 4 is 126 Å². The molecule has 0 spiro atoms. The number of thioether (sulfide) groups is 2. The van der Waals surface area contributed by atoms with Gasteiger partial charge in [-0.05, 0) is 130 Å². The van der Waals surface area contributed by atoms with Crippen molar-refractivity contribution in [3.63, 3.8) is 0 Å². The lowest BCUT2D eigenvalue weighted by Crippen LogP contribution is -2.08. The average Bonchev–Trinajstić information content (AvgIpc) is 2.22. The standard InChI is InChI=1S/C50H51N11O15S6/c1-29-22-38(57-60-46-32(4)34(28-51)49-52-47-41(61(49)50(46)62)14-15-42(75-5)48(47)82(72,73)74)43(76-16-9-19-79(63,64)65)25-35(29)55-58-39-24-31(3)37(27-45(39)78-18-11-21-81(69,70)71)56-59-40-23-30(2)36(54-53-33-12-7-6-8-13-33)26-44(40)77-17-10-20-80(66,67)68/h6-8,12-15,22-27,62H,9-11,16-21H2,1-5H3,(H,63,64,65)(H,66,67,68)(H,69,70,71)(H,72,73,74). The zero-order valence-corrected chi connectivity index (χ0v) is 49.0. The summed E-state index contributed by atoms with van der Waals surface area (Å²) in [5.74, 6) is -2.04. The van der Waals surface area contributed by atoms with Crippen LogP contribution >= 0.6 is 23.5 Å². The summed E-state index contributed by atoms with van der Waals surface area (Å²) < 4.78 is 145. The first-order valence-corrected chi connectivity index (χ1v) is 32.4. The van der Waals surface area contributed by atoms with Gasteiger partial charge in [-0.15, -0.1) is 44.0 Å². The van der Waals surface area contributed by atoms with Crippen LogP contribution in [0.5, 0.6) is 17.4 Å². The minimum absolute atomic E-state index is 0.0105. The van der Waals surface area contributed by atoms with Crippen LogP contribution in [0.1, 0.15) is 47.1 Å². The molecule has 5 aromatic carbocycles. The summed E-state index contributed by atoms with van der Waals surface area (Å²) in [6.45, 7) is 6.38. The maximum absolute atomic E-state index is 12.5. The lowest BCUT2D eigenvalue weighted by atomic mass is 10.1. The number of imidazole rings is 1. The van der Waals surface area contributed by atoms with E-state index in [0.29, 0.717) is 54.9 Å². The summed E-state index contributed by atoms with van der Waals surface area (Å²) in [4.78, 5) is 4.65. The van der Waals surface area contributed by atoms with Crippen LogP contribution in [-0.2, 0) is 40.5 Å². The minimum Gasteiger partial charge on any atom is -0.495 e. The maximum atomic E-state index is 12.5. The van der Waals surface area contributed by atoms with Gasteiger partial charge in [0.15, 0.2) is 16.2 Å². The Morgan fingerprint density at radius 3 is 1.60 bits per heavy atom. The normalized spacial score (nSPS) is 12.7. The molecule has 0 aliphatic rings. The number of ether oxygens (including phenoxy) is 2. The maximum Gasteiger partial charge on any atom is 0.300 e. The van der Waals surface area contributed by atoms with E-state index in [1.54, 1.807) is 50.2 Å². The Balaban J connectivity index is 1.27. The van der Waals surface area contributed by atoms with Crippen molar-refractivity contribution in [2.24, 2.45) is 40.9 Å². The number of rotatable bonds is 25. The van der Waals surface area contributed by atoms with Gasteiger partial charge in [-0.25, -0.2) is 4.98 Å². The van der Waals surface area contributed by atoms with Crippen LogP contribution in [0, 0.1) is 39.0 Å². The third kappa shape index (κ3) is 16.2. The molecule has 5 N–H and O–H groups in total. The number of hydrogen-bond donors (Lipinski definition) is 5. The topological polar surface area (TPSA) is 396 Å². The van der Waals surface area contributed by atoms with Gasteiger partial charge in [0.2, 0.25) is 5.88 Å². The molecule has 0 unspecified atom stereocenters. The molecule has 2 aromatic heterocycles. The summed E-state index contributed by atoms with van der Waals surface area (Å²) in [6, 6.07) is 23.4. The van der Waals surface area contributed by atoms with Crippen molar-refractivity contribution in [2.75, 3.05) is 42.5 Å². The molecular weight excluding hydrogens is 1190 g/mol. The van der Waals surface area contributed by atoms with E-state index >= 15 is 0 Å². The van der Waals surface area contributed by atoms with Crippen LogP contribution < -0.4 is 9.47 Å². The number of aromatic hydroxyl groups is 1. The van der Waals surface area contributed by atoms with Crippen molar-refractivity contribution < 1.29 is 66.5 Å². The first-order chi connectivity index (χ1) is 38.6. The smallest absolute Gasteiger partial charge is 0.300 e. The number of methoxy groups -OCH3 is 1. The highest BCUT2D eigenvalue weighted by Crippen LogP contribution is 2.45. The molecule has 0 aliphatic heterocycles. The van der Waals surface area contributed by atoms with Gasteiger partial charge in [0, 0.05) is 21.4 Å². The highest BCUT2D eigenvalue weighted by molar-refractivity contribution is 7.99. The van der Waals surface area contributed by atoms with Crippen LogP contribution in [0.2, 0.25) is 0 Å². The quantitative estimate of drug-likeness (QED) is 0.0154. The molecule has 2 heterocycles. The summed E-state index contributed by atoms with van der Waals surface area (Å²) in [6.07, 6.45) is 0.0118. The van der Waals surface area contributed by atoms with E-state index in [2.05, 4.69) is 45.9 Å². The summed E-state index contributed by atoms with van der Waals surface area (Å²) >= 11 is 2.47. The highest BCUT2D eigenvalue weighted by atomic mass is 32.2. The number of aromatic nitrogens is 2. The number of pyridine rings is 1. The van der Waals surface area contributed by atoms with Crippen molar-refractivity contribution in [1.82, 2.24) is 9.38 Å². The van der Waals surface area contributed by atoms with Crippen LogP contribution in [0.15, 0.2) is 134 Å². The number of azo groups is 4. The number of nitrogens with zero attached hydrogens (tertiary/aromatic N) is 11. The van der Waals surface area contributed by atoms with E-state index in [-0.39, 0.29) is 93.7 Å².